The minimum Gasteiger partial charge on any atom is -0.497 e. The lowest BCUT2D eigenvalue weighted by atomic mass is 10.0. The van der Waals surface area contributed by atoms with Crippen molar-refractivity contribution in [2.75, 3.05) is 13.7 Å². The molecule has 0 bridgehead atoms. The van der Waals surface area contributed by atoms with Crippen molar-refractivity contribution in [3.63, 3.8) is 0 Å². The minimum absolute atomic E-state index is 0.222. The number of benzene rings is 1. The molecule has 0 unspecified atom stereocenters. The predicted octanol–water partition coefficient (Wildman–Crippen LogP) is -1.22. The number of nitrogens with zero attached hydrogens (tertiary/aromatic N) is 1. The third-order valence-corrected chi connectivity index (χ3v) is 5.60. The largest absolute Gasteiger partial charge is 0.497 e. The maximum absolute atomic E-state index is 10.9. The Kier molecular flexibility index (Phi) is 8.84. The monoisotopic (exact) mass is 469 g/mol. The molecule has 0 saturated carbocycles. The summed E-state index contributed by atoms with van der Waals surface area (Å²) in [6.07, 6.45) is -7.60. The molecule has 0 aliphatic carbocycles. The molecule has 0 amide bonds. The van der Waals surface area contributed by atoms with Gasteiger partial charge in [0, 0.05) is 6.42 Å². The van der Waals surface area contributed by atoms with Gasteiger partial charge in [-0.2, -0.15) is 8.42 Å². The second kappa shape index (κ2) is 10.7. The van der Waals surface area contributed by atoms with Crippen LogP contribution in [-0.2, 0) is 19.4 Å². The van der Waals surface area contributed by atoms with Crippen LogP contribution in [0.1, 0.15) is 18.1 Å². The molecule has 0 radical (unpaired) electrons. The minimum atomic E-state index is -4.95. The highest BCUT2D eigenvalue weighted by atomic mass is 32.3. The van der Waals surface area contributed by atoms with Crippen LogP contribution in [0.3, 0.4) is 0 Å². The van der Waals surface area contributed by atoms with E-state index in [1.54, 1.807) is 24.3 Å². The van der Waals surface area contributed by atoms with Crippen LogP contribution < -0.4 is 4.74 Å². The lowest BCUT2D eigenvalue weighted by molar-refractivity contribution is -0.205. The SMILES string of the molecule is COc1ccc([C@@H](O)C/C(=N/OS(=O)(=O)O)S[C@H]2O[C@H](CO)[C@@H](O)[C@@H](O)[C@H]2O)cc1. The first kappa shape index (κ1) is 24.8. The van der Waals surface area contributed by atoms with Crippen LogP contribution in [0.2, 0.25) is 0 Å². The Hall–Kier alpha value is -1.49. The van der Waals surface area contributed by atoms with Crippen LogP contribution in [0.5, 0.6) is 5.75 Å². The zero-order valence-electron chi connectivity index (χ0n) is 15.7. The molecule has 1 saturated heterocycles. The Morgan fingerprint density at radius 2 is 1.83 bits per heavy atom. The molecule has 1 aliphatic rings. The van der Waals surface area contributed by atoms with Gasteiger partial charge >= 0.3 is 10.4 Å². The van der Waals surface area contributed by atoms with Crippen LogP contribution in [0, 0.1) is 0 Å². The molecule has 6 atom stereocenters. The number of methoxy groups -OCH3 is 1. The average molecular weight is 469 g/mol. The van der Waals surface area contributed by atoms with E-state index in [0.29, 0.717) is 23.1 Å². The van der Waals surface area contributed by atoms with E-state index in [9.17, 15) is 34.0 Å². The summed E-state index contributed by atoms with van der Waals surface area (Å²) in [6, 6.07) is 6.30. The summed E-state index contributed by atoms with van der Waals surface area (Å²) in [5, 5.41) is 52.6. The number of oxime groups is 1. The fourth-order valence-corrected chi connectivity index (χ4v) is 3.94. The van der Waals surface area contributed by atoms with E-state index in [1.807, 2.05) is 0 Å². The van der Waals surface area contributed by atoms with E-state index in [-0.39, 0.29) is 11.5 Å². The average Bonchev–Trinajstić information content (AvgIpc) is 2.71. The van der Waals surface area contributed by atoms with Crippen LogP contribution in [0.4, 0.5) is 0 Å². The van der Waals surface area contributed by atoms with E-state index in [2.05, 4.69) is 9.44 Å². The highest BCUT2D eigenvalue weighted by Gasteiger charge is 2.44. The summed E-state index contributed by atoms with van der Waals surface area (Å²) < 4.78 is 44.8. The maximum atomic E-state index is 10.9. The fourth-order valence-electron chi connectivity index (χ4n) is 2.60. The van der Waals surface area contributed by atoms with Crippen LogP contribution in [0.15, 0.2) is 29.4 Å². The van der Waals surface area contributed by atoms with E-state index < -0.39 is 53.0 Å². The van der Waals surface area contributed by atoms with Crippen molar-refractivity contribution < 1.29 is 52.3 Å². The second-order valence-electron chi connectivity index (χ2n) is 6.30. The Morgan fingerprint density at radius 1 is 1.20 bits per heavy atom. The van der Waals surface area contributed by atoms with Gasteiger partial charge in [0.2, 0.25) is 0 Å². The molecular weight excluding hydrogens is 446 g/mol. The fraction of sp³-hybridized carbons (Fsp3) is 0.562. The number of aliphatic hydroxyl groups is 5. The van der Waals surface area contributed by atoms with Gasteiger partial charge in [-0.05, 0) is 17.7 Å². The first-order valence-corrected chi connectivity index (χ1v) is 10.8. The molecule has 0 spiro atoms. The number of aliphatic hydroxyl groups excluding tert-OH is 5. The Balaban J connectivity index is 2.20. The molecule has 170 valence electrons. The zero-order chi connectivity index (χ0) is 22.5. The molecule has 1 aromatic rings. The second-order valence-corrected chi connectivity index (χ2v) is 8.47. The Morgan fingerprint density at radius 3 is 2.37 bits per heavy atom. The standard InChI is InChI=1S/C16H23NO11S2/c1-26-9-4-2-8(3-5-9)10(19)6-12(17-28-30(23,24)25)29-16-15(22)14(21)13(20)11(7-18)27-16/h2-5,10-11,13-16,18-22H,6-7H2,1H3,(H,23,24,25)/b17-12-/t10-,11+,13+,14+,15+,16+/m0/s1. The van der Waals surface area contributed by atoms with Crippen molar-refractivity contribution in [2.45, 2.75) is 42.4 Å². The predicted molar refractivity (Wildman–Crippen MR) is 104 cm³/mol. The number of hydrogen-bond donors (Lipinski definition) is 6. The van der Waals surface area contributed by atoms with Crippen molar-refractivity contribution in [1.82, 2.24) is 0 Å². The zero-order valence-corrected chi connectivity index (χ0v) is 17.3. The van der Waals surface area contributed by atoms with Gasteiger partial charge in [-0.15, -0.1) is 0 Å². The highest BCUT2D eigenvalue weighted by Crippen LogP contribution is 2.32. The van der Waals surface area contributed by atoms with Gasteiger partial charge in [0.15, 0.2) is 0 Å². The summed E-state index contributed by atoms with van der Waals surface area (Å²) >= 11 is 0.580. The molecule has 1 fully saturated rings. The van der Waals surface area contributed by atoms with Gasteiger partial charge in [0.1, 0.15) is 40.6 Å². The molecule has 6 N–H and O–H groups in total. The molecular formula is C16H23NO11S2. The first-order chi connectivity index (χ1) is 14.1. The molecule has 1 aromatic carbocycles. The molecule has 14 heteroatoms. The van der Waals surface area contributed by atoms with E-state index in [4.69, 9.17) is 14.0 Å². The number of hydrogen-bond acceptors (Lipinski definition) is 12. The summed E-state index contributed by atoms with van der Waals surface area (Å²) in [6.45, 7) is -0.662. The van der Waals surface area contributed by atoms with E-state index >= 15 is 0 Å². The molecule has 0 aromatic heterocycles. The number of ether oxygens (including phenoxy) is 2. The van der Waals surface area contributed by atoms with Gasteiger partial charge in [-0.3, -0.25) is 4.55 Å². The van der Waals surface area contributed by atoms with Crippen molar-refractivity contribution in [2.24, 2.45) is 5.16 Å². The van der Waals surface area contributed by atoms with Crippen LogP contribution >= 0.6 is 11.8 Å². The smallest absolute Gasteiger partial charge is 0.466 e. The Labute approximate surface area is 176 Å². The first-order valence-electron chi connectivity index (χ1n) is 8.57. The van der Waals surface area contributed by atoms with Crippen molar-refractivity contribution in [1.29, 1.82) is 0 Å². The number of thioether (sulfide) groups is 1. The van der Waals surface area contributed by atoms with Crippen LogP contribution in [-0.4, -0.2) is 87.1 Å². The molecule has 30 heavy (non-hydrogen) atoms. The summed E-state index contributed by atoms with van der Waals surface area (Å²) in [5.41, 5.74) is -0.878. The lowest BCUT2D eigenvalue weighted by Crippen LogP contribution is -2.57. The van der Waals surface area contributed by atoms with E-state index in [0.717, 1.165) is 0 Å². The quantitative estimate of drug-likeness (QED) is 0.115. The van der Waals surface area contributed by atoms with Crippen LogP contribution in [0.25, 0.3) is 0 Å². The van der Waals surface area contributed by atoms with Gasteiger partial charge in [-0.1, -0.05) is 29.1 Å². The third-order valence-electron chi connectivity index (χ3n) is 4.20. The van der Waals surface area contributed by atoms with Gasteiger partial charge in [0.25, 0.3) is 0 Å². The molecule has 2 rings (SSSR count). The molecule has 12 nitrogen and oxygen atoms in total. The van der Waals surface area contributed by atoms with E-state index in [1.165, 1.54) is 7.11 Å². The Bertz CT molecular complexity index is 815. The normalized spacial score (nSPS) is 28.8. The van der Waals surface area contributed by atoms with Gasteiger partial charge < -0.3 is 35.0 Å². The summed E-state index contributed by atoms with van der Waals surface area (Å²) in [4.78, 5) is 0. The van der Waals surface area contributed by atoms with Crippen molar-refractivity contribution in [3.8, 4) is 5.75 Å². The van der Waals surface area contributed by atoms with Crippen molar-refractivity contribution >= 4 is 27.2 Å². The maximum Gasteiger partial charge on any atom is 0.466 e. The molecule has 1 heterocycles. The summed E-state index contributed by atoms with van der Waals surface area (Å²) in [5.74, 6) is 0.547. The summed E-state index contributed by atoms with van der Waals surface area (Å²) in [7, 11) is -3.48. The topological polar surface area (TPSA) is 196 Å². The number of rotatable bonds is 8. The van der Waals surface area contributed by atoms with Gasteiger partial charge in [0.05, 0.1) is 19.8 Å². The van der Waals surface area contributed by atoms with Gasteiger partial charge in [-0.25, -0.2) is 4.28 Å². The lowest BCUT2D eigenvalue weighted by Gasteiger charge is -2.39. The third kappa shape index (κ3) is 6.76. The molecule has 1 aliphatic heterocycles. The van der Waals surface area contributed by atoms with Crippen molar-refractivity contribution in [3.05, 3.63) is 29.8 Å². The highest BCUT2D eigenvalue weighted by molar-refractivity contribution is 8.14.